The number of aromatic amines is 1. The fourth-order valence-corrected chi connectivity index (χ4v) is 5.02. The number of carbonyl (C=O) groups excluding carboxylic acids is 1. The maximum atomic E-state index is 12.8. The Hall–Kier alpha value is -3.17. The van der Waals surface area contributed by atoms with E-state index in [1.54, 1.807) is 42.5 Å². The summed E-state index contributed by atoms with van der Waals surface area (Å²) in [7, 11) is -3.53. The molecule has 2 heterocycles. The molecule has 1 aliphatic rings. The van der Waals surface area contributed by atoms with Crippen LogP contribution in [-0.2, 0) is 10.0 Å². The van der Waals surface area contributed by atoms with Gasteiger partial charge in [0, 0.05) is 24.3 Å². The number of phenols is 1. The molecule has 1 amide bonds. The van der Waals surface area contributed by atoms with Crippen LogP contribution < -0.4 is 5.32 Å². The third-order valence-corrected chi connectivity index (χ3v) is 7.41. The molecule has 0 radical (unpaired) electrons. The average molecular weight is 441 g/mol. The first-order valence-electron chi connectivity index (χ1n) is 10.1. The van der Waals surface area contributed by atoms with E-state index >= 15 is 0 Å². The molecule has 3 aromatic rings. The number of amides is 1. The smallest absolute Gasteiger partial charge is 0.273 e. The number of nitrogens with zero attached hydrogens (tertiary/aromatic N) is 2. The highest BCUT2D eigenvalue weighted by Gasteiger charge is 2.28. The maximum Gasteiger partial charge on any atom is 0.273 e. The van der Waals surface area contributed by atoms with E-state index in [2.05, 4.69) is 22.4 Å². The van der Waals surface area contributed by atoms with E-state index in [4.69, 9.17) is 0 Å². The van der Waals surface area contributed by atoms with E-state index < -0.39 is 15.9 Å². The van der Waals surface area contributed by atoms with Crippen molar-refractivity contribution in [2.75, 3.05) is 18.4 Å². The number of rotatable bonds is 5. The molecular weight excluding hydrogens is 416 g/mol. The van der Waals surface area contributed by atoms with Crippen LogP contribution in [0.15, 0.2) is 59.5 Å². The molecule has 0 atom stereocenters. The third kappa shape index (κ3) is 4.47. The van der Waals surface area contributed by atoms with E-state index in [0.29, 0.717) is 36.0 Å². The molecule has 0 spiro atoms. The van der Waals surface area contributed by atoms with Crippen molar-refractivity contribution in [3.63, 3.8) is 0 Å². The molecule has 2 aromatic carbocycles. The van der Waals surface area contributed by atoms with Gasteiger partial charge in [0.1, 0.15) is 11.4 Å². The number of benzene rings is 2. The number of phenolic OH excluding ortho intramolecular Hbond substituents is 1. The summed E-state index contributed by atoms with van der Waals surface area (Å²) in [5, 5.41) is 19.4. The Kier molecular flexibility index (Phi) is 5.79. The summed E-state index contributed by atoms with van der Waals surface area (Å²) in [5.74, 6) is 0.189. The number of nitrogens with one attached hydrogen (secondary N) is 2. The number of hydrogen-bond donors (Lipinski definition) is 3. The molecule has 9 heteroatoms. The third-order valence-electron chi connectivity index (χ3n) is 5.50. The summed E-state index contributed by atoms with van der Waals surface area (Å²) >= 11 is 0. The molecule has 1 saturated heterocycles. The van der Waals surface area contributed by atoms with Crippen molar-refractivity contribution >= 4 is 21.6 Å². The lowest BCUT2D eigenvalue weighted by atomic mass is 10.0. The second-order valence-electron chi connectivity index (χ2n) is 7.75. The van der Waals surface area contributed by atoms with E-state index in [0.717, 1.165) is 12.8 Å². The minimum atomic E-state index is -3.53. The molecular formula is C22H24N4O4S. The van der Waals surface area contributed by atoms with Crippen LogP contribution in [0.3, 0.4) is 0 Å². The maximum absolute atomic E-state index is 12.8. The van der Waals surface area contributed by atoms with Crippen LogP contribution >= 0.6 is 0 Å². The van der Waals surface area contributed by atoms with Crippen molar-refractivity contribution in [1.82, 2.24) is 14.5 Å². The summed E-state index contributed by atoms with van der Waals surface area (Å²) in [6, 6.07) is 14.4. The predicted molar refractivity (Wildman–Crippen MR) is 117 cm³/mol. The second kappa shape index (κ2) is 8.52. The van der Waals surface area contributed by atoms with Crippen LogP contribution in [0.4, 0.5) is 5.69 Å². The molecule has 4 rings (SSSR count). The molecule has 1 aromatic heterocycles. The topological polar surface area (TPSA) is 115 Å². The van der Waals surface area contributed by atoms with Crippen molar-refractivity contribution in [2.24, 2.45) is 5.92 Å². The van der Waals surface area contributed by atoms with Gasteiger partial charge in [0.05, 0.1) is 10.6 Å². The van der Waals surface area contributed by atoms with Gasteiger partial charge < -0.3 is 10.4 Å². The van der Waals surface area contributed by atoms with Gasteiger partial charge in [0.25, 0.3) is 5.91 Å². The lowest BCUT2D eigenvalue weighted by Crippen LogP contribution is -2.37. The first-order chi connectivity index (χ1) is 14.8. The number of para-hydroxylation sites is 1. The Bertz CT molecular complexity index is 1180. The zero-order chi connectivity index (χ0) is 22.0. The number of aromatic nitrogens is 2. The van der Waals surface area contributed by atoms with E-state index in [-0.39, 0.29) is 16.3 Å². The number of sulfonamides is 1. The first kappa shape index (κ1) is 21.1. The standard InChI is InChI=1S/C22H24N4O4S/c1-15-10-12-26(13-11-15)31(29,30)17-8-6-16(7-9-17)23-22(28)20-14-19(24-25-20)18-4-2-3-5-21(18)27/h2-9,14-15,27H,10-13H2,1H3,(H,23,28)(H,24,25). The average Bonchev–Trinajstić information content (AvgIpc) is 3.25. The fourth-order valence-electron chi connectivity index (χ4n) is 3.55. The quantitative estimate of drug-likeness (QED) is 0.562. The summed E-state index contributed by atoms with van der Waals surface area (Å²) in [4.78, 5) is 12.7. The minimum absolute atomic E-state index is 0.0703. The highest BCUT2D eigenvalue weighted by Crippen LogP contribution is 2.28. The Morgan fingerprint density at radius 1 is 1.13 bits per heavy atom. The second-order valence-corrected chi connectivity index (χ2v) is 9.69. The molecule has 162 valence electrons. The molecule has 8 nitrogen and oxygen atoms in total. The van der Waals surface area contributed by atoms with Crippen LogP contribution in [0.5, 0.6) is 5.75 Å². The predicted octanol–water partition coefficient (Wildman–Crippen LogP) is 3.46. The molecule has 0 bridgehead atoms. The van der Waals surface area contributed by atoms with Crippen molar-refractivity contribution in [2.45, 2.75) is 24.7 Å². The SMILES string of the molecule is CC1CCN(S(=O)(=O)c2ccc(NC(=O)c3cc(-c4ccccc4O)n[nH]3)cc2)CC1. The van der Waals surface area contributed by atoms with Gasteiger partial charge in [0.2, 0.25) is 10.0 Å². The highest BCUT2D eigenvalue weighted by molar-refractivity contribution is 7.89. The number of carbonyl (C=O) groups is 1. The Morgan fingerprint density at radius 2 is 1.81 bits per heavy atom. The van der Waals surface area contributed by atoms with Crippen LogP contribution in [0.2, 0.25) is 0 Å². The molecule has 0 unspecified atom stereocenters. The monoisotopic (exact) mass is 440 g/mol. The van der Waals surface area contributed by atoms with Crippen LogP contribution in [0, 0.1) is 5.92 Å². The molecule has 1 aliphatic heterocycles. The number of H-pyrrole nitrogens is 1. The summed E-state index contributed by atoms with van der Waals surface area (Å²) in [6.07, 6.45) is 1.72. The van der Waals surface area contributed by atoms with Gasteiger partial charge in [-0.3, -0.25) is 9.89 Å². The number of anilines is 1. The number of piperidine rings is 1. The number of aromatic hydroxyl groups is 1. The van der Waals surface area contributed by atoms with E-state index in [1.807, 2.05) is 0 Å². The van der Waals surface area contributed by atoms with Crippen LogP contribution in [-0.4, -0.2) is 47.0 Å². The Labute approximate surface area is 181 Å². The van der Waals surface area contributed by atoms with Gasteiger partial charge in [-0.25, -0.2) is 8.42 Å². The van der Waals surface area contributed by atoms with Crippen LogP contribution in [0.25, 0.3) is 11.3 Å². The van der Waals surface area contributed by atoms with Crippen molar-refractivity contribution in [1.29, 1.82) is 0 Å². The van der Waals surface area contributed by atoms with Crippen molar-refractivity contribution in [3.05, 3.63) is 60.3 Å². The number of hydrogen-bond acceptors (Lipinski definition) is 5. The molecule has 31 heavy (non-hydrogen) atoms. The lowest BCUT2D eigenvalue weighted by molar-refractivity contribution is 0.102. The van der Waals surface area contributed by atoms with Gasteiger partial charge in [-0.15, -0.1) is 0 Å². The summed E-state index contributed by atoms with van der Waals surface area (Å²) in [5.41, 5.74) is 1.65. The van der Waals surface area contributed by atoms with Crippen molar-refractivity contribution in [3.8, 4) is 17.0 Å². The van der Waals surface area contributed by atoms with Gasteiger partial charge in [0.15, 0.2) is 0 Å². The minimum Gasteiger partial charge on any atom is -0.507 e. The van der Waals surface area contributed by atoms with Gasteiger partial charge in [-0.2, -0.15) is 9.40 Å². The fraction of sp³-hybridized carbons (Fsp3) is 0.273. The largest absolute Gasteiger partial charge is 0.507 e. The molecule has 0 saturated carbocycles. The zero-order valence-electron chi connectivity index (χ0n) is 17.1. The molecule has 3 N–H and O–H groups in total. The van der Waals surface area contributed by atoms with E-state index in [1.165, 1.54) is 16.4 Å². The van der Waals surface area contributed by atoms with Crippen molar-refractivity contribution < 1.29 is 18.3 Å². The summed E-state index contributed by atoms with van der Waals surface area (Å²) < 4.78 is 27.2. The Balaban J connectivity index is 1.45. The Morgan fingerprint density at radius 3 is 2.48 bits per heavy atom. The van der Waals surface area contributed by atoms with Gasteiger partial charge in [-0.05, 0) is 61.2 Å². The molecule has 0 aliphatic carbocycles. The highest BCUT2D eigenvalue weighted by atomic mass is 32.2. The molecule has 1 fully saturated rings. The zero-order valence-corrected chi connectivity index (χ0v) is 17.9. The van der Waals surface area contributed by atoms with E-state index in [9.17, 15) is 18.3 Å². The van der Waals surface area contributed by atoms with Gasteiger partial charge >= 0.3 is 0 Å². The normalized spacial score (nSPS) is 15.6. The first-order valence-corrected chi connectivity index (χ1v) is 11.5. The van der Waals surface area contributed by atoms with Crippen LogP contribution in [0.1, 0.15) is 30.3 Å². The summed E-state index contributed by atoms with van der Waals surface area (Å²) in [6.45, 7) is 3.19. The lowest BCUT2D eigenvalue weighted by Gasteiger charge is -2.29. The van der Waals surface area contributed by atoms with Gasteiger partial charge in [-0.1, -0.05) is 19.1 Å².